The summed E-state index contributed by atoms with van der Waals surface area (Å²) in [5, 5.41) is 5.40. The van der Waals surface area contributed by atoms with Gasteiger partial charge < -0.3 is 4.90 Å². The molecule has 0 amide bonds. The molecular weight excluding hydrogens is 314 g/mol. The minimum Gasteiger partial charge on any atom is -0.369 e. The number of sulfonamides is 1. The van der Waals surface area contributed by atoms with Gasteiger partial charge in [0.15, 0.2) is 5.78 Å². The molecule has 0 aromatic heterocycles. The van der Waals surface area contributed by atoms with Crippen molar-refractivity contribution in [1.29, 1.82) is 0 Å². The highest BCUT2D eigenvalue weighted by molar-refractivity contribution is 7.89. The van der Waals surface area contributed by atoms with Crippen LogP contribution in [0.1, 0.15) is 36.5 Å². The molecule has 2 saturated heterocycles. The van der Waals surface area contributed by atoms with Gasteiger partial charge in [0.25, 0.3) is 0 Å². The minimum atomic E-state index is -3.88. The summed E-state index contributed by atoms with van der Waals surface area (Å²) in [5.41, 5.74) is 0.977. The maximum atomic E-state index is 12.0. The van der Waals surface area contributed by atoms with Crippen LogP contribution in [0, 0.1) is 0 Å². The van der Waals surface area contributed by atoms with Gasteiger partial charge in [0, 0.05) is 30.7 Å². The summed E-state index contributed by atoms with van der Waals surface area (Å²) < 4.78 is 24.0. The van der Waals surface area contributed by atoms with E-state index in [0.29, 0.717) is 23.3 Å². The van der Waals surface area contributed by atoms with Gasteiger partial charge in [-0.15, -0.1) is 0 Å². The average molecular weight is 337 g/mol. The number of hydrogen-bond donors (Lipinski definition) is 1. The van der Waals surface area contributed by atoms with Crippen molar-refractivity contribution in [2.75, 3.05) is 25.0 Å². The summed E-state index contributed by atoms with van der Waals surface area (Å²) in [6.07, 6.45) is 3.35. The topological polar surface area (TPSA) is 83.7 Å². The molecular formula is C16H23N3O3S. The molecule has 2 N–H and O–H groups in total. The fraction of sp³-hybridized carbons (Fsp3) is 0.562. The second-order valence-corrected chi connectivity index (χ2v) is 8.10. The summed E-state index contributed by atoms with van der Waals surface area (Å²) in [5.74, 6) is -0.170. The molecule has 2 aliphatic heterocycles. The number of anilines is 1. The van der Waals surface area contributed by atoms with Gasteiger partial charge in [0.1, 0.15) is 4.90 Å². The predicted octanol–water partition coefficient (Wildman–Crippen LogP) is 1.21. The van der Waals surface area contributed by atoms with E-state index in [4.69, 9.17) is 5.14 Å². The summed E-state index contributed by atoms with van der Waals surface area (Å²) in [6, 6.07) is 5.80. The lowest BCUT2D eigenvalue weighted by Crippen LogP contribution is -2.37. The van der Waals surface area contributed by atoms with Gasteiger partial charge in [-0.3, -0.25) is 9.69 Å². The highest BCUT2D eigenvalue weighted by Gasteiger charge is 2.35. The first-order valence-corrected chi connectivity index (χ1v) is 9.46. The SMILES string of the molecule is CC(=O)c1ccc(N2CCC3CCC(C2)N3C)c(S(N)(=O)=O)c1. The van der Waals surface area contributed by atoms with E-state index in [1.807, 2.05) is 0 Å². The first-order valence-electron chi connectivity index (χ1n) is 7.92. The summed E-state index contributed by atoms with van der Waals surface area (Å²) in [7, 11) is -1.74. The van der Waals surface area contributed by atoms with Crippen LogP contribution in [0.25, 0.3) is 0 Å². The van der Waals surface area contributed by atoms with Gasteiger partial charge in [0.05, 0.1) is 5.69 Å². The highest BCUT2D eigenvalue weighted by atomic mass is 32.2. The van der Waals surface area contributed by atoms with Crippen LogP contribution in [0.3, 0.4) is 0 Å². The lowest BCUT2D eigenvalue weighted by Gasteiger charge is -2.29. The number of rotatable bonds is 3. The van der Waals surface area contributed by atoms with Crippen molar-refractivity contribution >= 4 is 21.5 Å². The third kappa shape index (κ3) is 3.13. The molecule has 6 nitrogen and oxygen atoms in total. The van der Waals surface area contributed by atoms with Crippen molar-refractivity contribution in [3.05, 3.63) is 23.8 Å². The molecule has 0 radical (unpaired) electrons. The molecule has 126 valence electrons. The Morgan fingerprint density at radius 3 is 2.57 bits per heavy atom. The number of benzene rings is 1. The molecule has 1 aromatic rings. The van der Waals surface area contributed by atoms with E-state index in [0.717, 1.165) is 25.9 Å². The number of Topliss-reactive ketones (excluding diaryl/α,β-unsaturated/α-hetero) is 1. The molecule has 0 aliphatic carbocycles. The molecule has 23 heavy (non-hydrogen) atoms. The Morgan fingerprint density at radius 1 is 1.22 bits per heavy atom. The Labute approximate surface area is 137 Å². The Hall–Kier alpha value is -1.44. The van der Waals surface area contributed by atoms with Crippen molar-refractivity contribution in [2.45, 2.75) is 43.2 Å². The molecule has 3 rings (SSSR count). The van der Waals surface area contributed by atoms with Gasteiger partial charge in [0.2, 0.25) is 10.0 Å². The van der Waals surface area contributed by atoms with Gasteiger partial charge in [-0.25, -0.2) is 13.6 Å². The normalized spacial score (nSPS) is 25.4. The molecule has 2 aliphatic rings. The van der Waals surface area contributed by atoms with Crippen LogP contribution in [-0.2, 0) is 10.0 Å². The van der Waals surface area contributed by atoms with Crippen molar-refractivity contribution in [1.82, 2.24) is 4.90 Å². The van der Waals surface area contributed by atoms with Crippen LogP contribution < -0.4 is 10.0 Å². The van der Waals surface area contributed by atoms with Crippen molar-refractivity contribution in [2.24, 2.45) is 5.14 Å². The number of ketones is 1. The number of likely N-dealkylation sites (N-methyl/N-ethyl adjacent to an activating group) is 1. The van der Waals surface area contributed by atoms with E-state index >= 15 is 0 Å². The van der Waals surface area contributed by atoms with Crippen LogP contribution in [0.5, 0.6) is 0 Å². The number of hydrogen-bond acceptors (Lipinski definition) is 5. The van der Waals surface area contributed by atoms with E-state index in [1.165, 1.54) is 19.4 Å². The first kappa shape index (κ1) is 16.4. The minimum absolute atomic E-state index is 0.0469. The summed E-state index contributed by atoms with van der Waals surface area (Å²) in [6.45, 7) is 3.00. The Morgan fingerprint density at radius 2 is 1.91 bits per heavy atom. The quantitative estimate of drug-likeness (QED) is 0.838. The third-order valence-corrected chi connectivity index (χ3v) is 6.10. The summed E-state index contributed by atoms with van der Waals surface area (Å²) >= 11 is 0. The number of carbonyl (C=O) groups excluding carboxylic acids is 1. The van der Waals surface area contributed by atoms with Crippen LogP contribution in [-0.4, -0.2) is 51.3 Å². The zero-order valence-corrected chi connectivity index (χ0v) is 14.3. The fourth-order valence-corrected chi connectivity index (χ4v) is 4.53. The first-order chi connectivity index (χ1) is 10.8. The lowest BCUT2D eigenvalue weighted by atomic mass is 10.1. The number of primary sulfonamides is 1. The van der Waals surface area contributed by atoms with E-state index in [-0.39, 0.29) is 10.7 Å². The third-order valence-electron chi connectivity index (χ3n) is 5.16. The van der Waals surface area contributed by atoms with Crippen molar-refractivity contribution in [3.63, 3.8) is 0 Å². The van der Waals surface area contributed by atoms with Crippen LogP contribution >= 0.6 is 0 Å². The smallest absolute Gasteiger partial charge is 0.240 e. The lowest BCUT2D eigenvalue weighted by molar-refractivity contribution is 0.101. The Kier molecular flexibility index (Phi) is 4.20. The van der Waals surface area contributed by atoms with Crippen molar-refractivity contribution < 1.29 is 13.2 Å². The average Bonchev–Trinajstić information content (AvgIpc) is 2.70. The van der Waals surface area contributed by atoms with Crippen molar-refractivity contribution in [3.8, 4) is 0 Å². The van der Waals surface area contributed by atoms with E-state index in [1.54, 1.807) is 12.1 Å². The second-order valence-electron chi connectivity index (χ2n) is 6.57. The summed E-state index contributed by atoms with van der Waals surface area (Å²) in [4.78, 5) is 16.1. The van der Waals surface area contributed by atoms with E-state index < -0.39 is 10.0 Å². The van der Waals surface area contributed by atoms with Crippen LogP contribution in [0.2, 0.25) is 0 Å². The molecule has 1 aromatic carbocycles. The maximum Gasteiger partial charge on any atom is 0.240 e. The van der Waals surface area contributed by atoms with Gasteiger partial charge in [-0.1, -0.05) is 0 Å². The number of nitrogens with zero attached hydrogens (tertiary/aromatic N) is 2. The zero-order chi connectivity index (χ0) is 16.8. The molecule has 2 bridgehead atoms. The Balaban J connectivity index is 2.00. The molecule has 0 spiro atoms. The standard InChI is InChI=1S/C16H23N3O3S/c1-11(20)12-3-6-15(16(9-12)23(17,21)22)19-8-7-13-4-5-14(10-19)18(13)2/h3,6,9,13-14H,4-5,7-8,10H2,1-2H3,(H2,17,21,22). The van der Waals surface area contributed by atoms with Gasteiger partial charge in [-0.2, -0.15) is 0 Å². The molecule has 2 unspecified atom stereocenters. The number of nitrogens with two attached hydrogens (primary N) is 1. The molecule has 2 atom stereocenters. The van der Waals surface area contributed by atoms with Gasteiger partial charge in [-0.05, 0) is 51.4 Å². The van der Waals surface area contributed by atoms with Crippen LogP contribution in [0.4, 0.5) is 5.69 Å². The highest BCUT2D eigenvalue weighted by Crippen LogP contribution is 2.33. The number of fused-ring (bicyclic) bond motifs is 2. The zero-order valence-electron chi connectivity index (χ0n) is 13.5. The van der Waals surface area contributed by atoms with Crippen LogP contribution in [0.15, 0.2) is 23.1 Å². The second kappa shape index (κ2) is 5.89. The number of carbonyl (C=O) groups is 1. The predicted molar refractivity (Wildman–Crippen MR) is 89.2 cm³/mol. The largest absolute Gasteiger partial charge is 0.369 e. The maximum absolute atomic E-state index is 12.0. The van der Waals surface area contributed by atoms with E-state index in [9.17, 15) is 13.2 Å². The van der Waals surface area contributed by atoms with Gasteiger partial charge >= 0.3 is 0 Å². The monoisotopic (exact) mass is 337 g/mol. The molecule has 7 heteroatoms. The fourth-order valence-electron chi connectivity index (χ4n) is 3.75. The molecule has 2 heterocycles. The molecule has 2 fully saturated rings. The van der Waals surface area contributed by atoms with E-state index in [2.05, 4.69) is 16.8 Å². The Bertz CT molecular complexity index is 732. The molecule has 0 saturated carbocycles.